The number of alkyl halides is 3. The van der Waals surface area contributed by atoms with Crippen LogP contribution in [0.4, 0.5) is 13.2 Å². The molecule has 0 aromatic carbocycles. The highest BCUT2D eigenvalue weighted by Crippen LogP contribution is 2.31. The van der Waals surface area contributed by atoms with Gasteiger partial charge in [-0.3, -0.25) is 0 Å². The van der Waals surface area contributed by atoms with Crippen molar-refractivity contribution in [1.29, 1.82) is 10.7 Å². The van der Waals surface area contributed by atoms with E-state index in [1.165, 1.54) is 13.0 Å². The van der Waals surface area contributed by atoms with Crippen molar-refractivity contribution >= 4 is 17.8 Å². The van der Waals surface area contributed by atoms with E-state index in [1.54, 1.807) is 6.07 Å². The molecule has 0 aliphatic heterocycles. The zero-order valence-electron chi connectivity index (χ0n) is 12.4. The molecule has 1 aliphatic rings. The Morgan fingerprint density at radius 2 is 2.26 bits per heavy atom. The fraction of sp³-hybridized carbons (Fsp3) is 0.467. The van der Waals surface area contributed by atoms with Gasteiger partial charge >= 0.3 is 0 Å². The topological polar surface area (TPSA) is 66.1 Å². The number of allylic oxidation sites excluding steroid dienone is 5. The summed E-state index contributed by atoms with van der Waals surface area (Å²) in [5.41, 5.74) is 0.0265. The monoisotopic (exact) mass is 348 g/mol. The van der Waals surface area contributed by atoms with Gasteiger partial charge in [0.2, 0.25) is 6.43 Å². The predicted octanol–water partition coefficient (Wildman–Crippen LogP) is 4.10. The number of halogens is 4. The second-order valence-corrected chi connectivity index (χ2v) is 5.32. The van der Waals surface area contributed by atoms with Crippen molar-refractivity contribution in [1.82, 2.24) is 0 Å². The van der Waals surface area contributed by atoms with Gasteiger partial charge in [-0.05, 0) is 13.0 Å². The van der Waals surface area contributed by atoms with Crippen LogP contribution < -0.4 is 0 Å². The number of rotatable bonds is 8. The minimum Gasteiger partial charge on any atom is -0.462 e. The van der Waals surface area contributed by atoms with Gasteiger partial charge < -0.3 is 14.9 Å². The summed E-state index contributed by atoms with van der Waals surface area (Å²) in [6.45, 7) is 0.947. The van der Waals surface area contributed by atoms with Crippen LogP contribution in [0.15, 0.2) is 34.3 Å². The Bertz CT molecular complexity index is 564. The lowest BCUT2D eigenvalue weighted by molar-refractivity contribution is 0.0761. The van der Waals surface area contributed by atoms with Crippen LogP contribution in [0.5, 0.6) is 0 Å². The van der Waals surface area contributed by atoms with Crippen LogP contribution in [-0.4, -0.2) is 32.0 Å². The Morgan fingerprint density at radius 1 is 1.57 bits per heavy atom. The lowest BCUT2D eigenvalue weighted by Crippen LogP contribution is -2.19. The summed E-state index contributed by atoms with van der Waals surface area (Å²) >= 11 is 5.80. The number of nitrogens with one attached hydrogen (secondary N) is 1. The summed E-state index contributed by atoms with van der Waals surface area (Å²) in [6.07, 6.45) is -1.13. The maximum Gasteiger partial charge on any atom is 0.245 e. The Labute approximate surface area is 137 Å². The van der Waals surface area contributed by atoms with Crippen molar-refractivity contribution in [2.75, 3.05) is 13.2 Å². The van der Waals surface area contributed by atoms with Gasteiger partial charge in [-0.15, -0.1) is 0 Å². The molecule has 2 atom stereocenters. The Balaban J connectivity index is 2.87. The molecule has 1 rings (SSSR count). The molecule has 0 bridgehead atoms. The number of nitriles is 1. The van der Waals surface area contributed by atoms with Gasteiger partial charge in [0.15, 0.2) is 11.9 Å². The number of nitrogens with zero attached hydrogens (tertiary/aromatic N) is 1. The molecule has 0 aromatic heterocycles. The van der Waals surface area contributed by atoms with Crippen LogP contribution in [0.1, 0.15) is 13.3 Å². The number of hydrogen-bond acceptors (Lipinski definition) is 4. The van der Waals surface area contributed by atoms with Crippen LogP contribution in [0.25, 0.3) is 0 Å². The Kier molecular flexibility index (Phi) is 7.86. The van der Waals surface area contributed by atoms with Crippen LogP contribution in [0.2, 0.25) is 0 Å². The SMILES string of the molecule is C/C(Cl)=C(/OC1=CC(C#N)=CC(C(F)F)C1)C(F)COCC=N. The first kappa shape index (κ1) is 19.3. The molecule has 0 saturated heterocycles. The number of ether oxygens (including phenoxy) is 2. The van der Waals surface area contributed by atoms with Gasteiger partial charge in [0.05, 0.1) is 29.9 Å². The van der Waals surface area contributed by atoms with Crippen LogP contribution in [-0.2, 0) is 9.47 Å². The average Bonchev–Trinajstić information content (AvgIpc) is 2.51. The molecule has 2 unspecified atom stereocenters. The molecule has 0 amide bonds. The van der Waals surface area contributed by atoms with E-state index in [-0.39, 0.29) is 41.8 Å². The molecule has 0 saturated carbocycles. The highest BCUT2D eigenvalue weighted by Gasteiger charge is 2.27. The lowest BCUT2D eigenvalue weighted by atomic mass is 9.95. The first-order valence-electron chi connectivity index (χ1n) is 6.74. The van der Waals surface area contributed by atoms with Crippen molar-refractivity contribution in [3.63, 3.8) is 0 Å². The van der Waals surface area contributed by atoms with Gasteiger partial charge in [-0.1, -0.05) is 17.7 Å². The minimum absolute atomic E-state index is 0.0125. The highest BCUT2D eigenvalue weighted by atomic mass is 35.5. The first-order chi connectivity index (χ1) is 10.9. The largest absolute Gasteiger partial charge is 0.462 e. The maximum atomic E-state index is 14.1. The third-order valence-electron chi connectivity index (χ3n) is 2.93. The third kappa shape index (κ3) is 6.08. The van der Waals surface area contributed by atoms with Gasteiger partial charge in [0.1, 0.15) is 5.76 Å². The zero-order valence-corrected chi connectivity index (χ0v) is 13.1. The molecule has 0 heterocycles. The molecular weight excluding hydrogens is 333 g/mol. The molecule has 4 nitrogen and oxygen atoms in total. The smallest absolute Gasteiger partial charge is 0.245 e. The Hall–Kier alpha value is -1.78. The van der Waals surface area contributed by atoms with E-state index in [9.17, 15) is 13.2 Å². The zero-order chi connectivity index (χ0) is 17.4. The summed E-state index contributed by atoms with van der Waals surface area (Å²) < 4.78 is 50.1. The van der Waals surface area contributed by atoms with Crippen molar-refractivity contribution in [3.8, 4) is 6.07 Å². The standard InChI is InChI=1S/C15H16ClF3N2O2/c1-9(16)14(13(17)8-22-3-2-20)23-12-5-10(7-21)4-11(6-12)15(18)19/h2,4-5,11,13,15,20H,3,6,8H2,1H3/b14-9-,20-2?. The van der Waals surface area contributed by atoms with E-state index in [4.69, 9.17) is 31.7 Å². The van der Waals surface area contributed by atoms with E-state index in [0.717, 1.165) is 12.3 Å². The van der Waals surface area contributed by atoms with Crippen molar-refractivity contribution in [2.45, 2.75) is 25.9 Å². The first-order valence-corrected chi connectivity index (χ1v) is 7.12. The van der Waals surface area contributed by atoms with Crippen molar-refractivity contribution in [2.24, 2.45) is 5.92 Å². The molecule has 0 spiro atoms. The fourth-order valence-electron chi connectivity index (χ4n) is 1.90. The van der Waals surface area contributed by atoms with Gasteiger partial charge in [0, 0.05) is 18.6 Å². The summed E-state index contributed by atoms with van der Waals surface area (Å²) in [5.74, 6) is -1.39. The lowest BCUT2D eigenvalue weighted by Gasteiger charge is -2.22. The van der Waals surface area contributed by atoms with Crippen LogP contribution in [0, 0.1) is 22.7 Å². The molecule has 8 heteroatoms. The molecule has 0 radical (unpaired) electrons. The second-order valence-electron chi connectivity index (χ2n) is 4.76. The summed E-state index contributed by atoms with van der Waals surface area (Å²) in [4.78, 5) is 0. The molecule has 0 aromatic rings. The maximum absolute atomic E-state index is 14.1. The van der Waals surface area contributed by atoms with Crippen LogP contribution >= 0.6 is 11.6 Å². The van der Waals surface area contributed by atoms with Gasteiger partial charge in [-0.25, -0.2) is 13.2 Å². The molecule has 1 aliphatic carbocycles. The highest BCUT2D eigenvalue weighted by molar-refractivity contribution is 6.29. The Morgan fingerprint density at radius 3 is 2.78 bits per heavy atom. The predicted molar refractivity (Wildman–Crippen MR) is 80.0 cm³/mol. The quantitative estimate of drug-likeness (QED) is 0.408. The second kappa shape index (κ2) is 9.38. The summed E-state index contributed by atoms with van der Waals surface area (Å²) in [7, 11) is 0. The van der Waals surface area contributed by atoms with Crippen molar-refractivity contribution < 1.29 is 22.6 Å². The minimum atomic E-state index is -2.66. The average molecular weight is 349 g/mol. The van der Waals surface area contributed by atoms with E-state index in [1.807, 2.05) is 0 Å². The summed E-state index contributed by atoms with van der Waals surface area (Å²) in [5, 5.41) is 15.7. The van der Waals surface area contributed by atoms with Crippen LogP contribution in [0.3, 0.4) is 0 Å². The molecule has 23 heavy (non-hydrogen) atoms. The molecule has 1 N–H and O–H groups in total. The molecular formula is C15H16ClF3N2O2. The van der Waals surface area contributed by atoms with E-state index >= 15 is 0 Å². The molecule has 0 fully saturated rings. The van der Waals surface area contributed by atoms with Gasteiger partial charge in [-0.2, -0.15) is 5.26 Å². The van der Waals surface area contributed by atoms with Gasteiger partial charge in [0.25, 0.3) is 0 Å². The van der Waals surface area contributed by atoms with E-state index in [2.05, 4.69) is 0 Å². The van der Waals surface area contributed by atoms with E-state index in [0.29, 0.717) is 0 Å². The normalized spacial score (nSPS) is 20.1. The molecule has 126 valence electrons. The fourth-order valence-corrected chi connectivity index (χ4v) is 2.06. The van der Waals surface area contributed by atoms with Crippen molar-refractivity contribution in [3.05, 3.63) is 34.3 Å². The van der Waals surface area contributed by atoms with E-state index < -0.39 is 18.5 Å². The summed E-state index contributed by atoms with van der Waals surface area (Å²) in [6, 6.07) is 1.77. The third-order valence-corrected chi connectivity index (χ3v) is 3.12. The number of hydrogen-bond donors (Lipinski definition) is 1.